The molecule has 1 atom stereocenters. The van der Waals surface area contributed by atoms with Crippen LogP contribution in [0.2, 0.25) is 0 Å². The molecule has 0 bridgehead atoms. The third-order valence-electron chi connectivity index (χ3n) is 5.25. The van der Waals surface area contributed by atoms with Crippen LogP contribution in [0.5, 0.6) is 0 Å². The maximum atomic E-state index is 14.3. The Morgan fingerprint density at radius 3 is 1.91 bits per heavy atom. The van der Waals surface area contributed by atoms with Crippen molar-refractivity contribution < 1.29 is 39.5 Å². The van der Waals surface area contributed by atoms with E-state index < -0.39 is 52.4 Å². The highest BCUT2D eigenvalue weighted by molar-refractivity contribution is 9.10. The second kappa shape index (κ2) is 9.26. The molecule has 34 heavy (non-hydrogen) atoms. The Morgan fingerprint density at radius 1 is 0.765 bits per heavy atom. The van der Waals surface area contributed by atoms with Crippen LogP contribution in [0.15, 0.2) is 65.1 Å². The largest absolute Gasteiger partial charge is 0.419 e. The van der Waals surface area contributed by atoms with Crippen molar-refractivity contribution in [2.45, 2.75) is 30.5 Å². The van der Waals surface area contributed by atoms with Gasteiger partial charge in [-0.25, -0.2) is 17.6 Å². The van der Waals surface area contributed by atoms with E-state index in [1.165, 1.54) is 12.1 Å². The summed E-state index contributed by atoms with van der Waals surface area (Å²) in [5, 5.41) is 0. The standard InChI is InChI=1S/C23H15BrF9N/c24-16-4-1-12(2-5-16)11-21(34,13-3-6-19(26)18(10-13)23(31,32)33)14-7-15(9-17(25)8-14)22(29,30)20(27)28/h1-10,20H,11,34H2/t21-/m0/s1. The van der Waals surface area contributed by atoms with Crippen LogP contribution in [0.4, 0.5) is 39.5 Å². The summed E-state index contributed by atoms with van der Waals surface area (Å²) in [7, 11) is 0. The molecule has 0 radical (unpaired) electrons. The average Bonchev–Trinajstić information content (AvgIpc) is 2.74. The molecule has 0 saturated carbocycles. The summed E-state index contributed by atoms with van der Waals surface area (Å²) in [6, 6.07) is 9.36. The predicted octanol–water partition coefficient (Wildman–Crippen LogP) is 7.55. The minimum Gasteiger partial charge on any atom is -0.317 e. The number of benzene rings is 3. The fourth-order valence-electron chi connectivity index (χ4n) is 3.48. The molecule has 0 saturated heterocycles. The van der Waals surface area contributed by atoms with E-state index in [2.05, 4.69) is 15.9 Å². The van der Waals surface area contributed by atoms with Crippen LogP contribution in [0.25, 0.3) is 0 Å². The first kappa shape index (κ1) is 26.1. The van der Waals surface area contributed by atoms with E-state index in [1.807, 2.05) is 0 Å². The molecular weight excluding hydrogens is 541 g/mol. The molecule has 0 fully saturated rings. The third kappa shape index (κ3) is 5.25. The van der Waals surface area contributed by atoms with Gasteiger partial charge < -0.3 is 5.73 Å². The van der Waals surface area contributed by atoms with E-state index in [9.17, 15) is 39.5 Å². The normalized spacial score (nSPS) is 14.4. The first-order valence-corrected chi connectivity index (χ1v) is 10.3. The lowest BCUT2D eigenvalue weighted by Gasteiger charge is -2.33. The van der Waals surface area contributed by atoms with Crippen molar-refractivity contribution in [3.05, 3.63) is 105 Å². The summed E-state index contributed by atoms with van der Waals surface area (Å²) >= 11 is 3.21. The monoisotopic (exact) mass is 555 g/mol. The number of rotatable bonds is 6. The lowest BCUT2D eigenvalue weighted by Crippen LogP contribution is -2.41. The van der Waals surface area contributed by atoms with Gasteiger partial charge in [0.1, 0.15) is 11.6 Å². The summed E-state index contributed by atoms with van der Waals surface area (Å²) in [4.78, 5) is 0. The van der Waals surface area contributed by atoms with Gasteiger partial charge in [-0.15, -0.1) is 0 Å². The SMILES string of the molecule is N[C@](Cc1ccc(Br)cc1)(c1cc(F)cc(C(F)(F)C(F)F)c1)c1ccc(F)c(C(F)(F)F)c1. The molecule has 182 valence electrons. The van der Waals surface area contributed by atoms with Crippen LogP contribution in [0.3, 0.4) is 0 Å². The number of nitrogens with two attached hydrogens (primary N) is 1. The van der Waals surface area contributed by atoms with Crippen molar-refractivity contribution in [2.24, 2.45) is 5.73 Å². The highest BCUT2D eigenvalue weighted by Crippen LogP contribution is 2.40. The molecule has 0 heterocycles. The van der Waals surface area contributed by atoms with Gasteiger partial charge in [0.15, 0.2) is 0 Å². The first-order chi connectivity index (χ1) is 15.6. The lowest BCUT2D eigenvalue weighted by atomic mass is 9.77. The van der Waals surface area contributed by atoms with Crippen molar-refractivity contribution in [1.29, 1.82) is 0 Å². The predicted molar refractivity (Wildman–Crippen MR) is 111 cm³/mol. The van der Waals surface area contributed by atoms with E-state index >= 15 is 0 Å². The van der Waals surface area contributed by atoms with Crippen LogP contribution >= 0.6 is 15.9 Å². The average molecular weight is 556 g/mol. The third-order valence-corrected chi connectivity index (χ3v) is 5.78. The van der Waals surface area contributed by atoms with Gasteiger partial charge in [-0.3, -0.25) is 0 Å². The summed E-state index contributed by atoms with van der Waals surface area (Å²) < 4.78 is 123. The maximum Gasteiger partial charge on any atom is 0.419 e. The van der Waals surface area contributed by atoms with Crippen molar-refractivity contribution in [3.63, 3.8) is 0 Å². The fourth-order valence-corrected chi connectivity index (χ4v) is 3.74. The molecule has 0 aliphatic carbocycles. The second-order valence-corrected chi connectivity index (χ2v) is 8.53. The van der Waals surface area contributed by atoms with Gasteiger partial charge in [-0.1, -0.05) is 34.1 Å². The molecular formula is C23H15BrF9N. The van der Waals surface area contributed by atoms with Crippen LogP contribution in [0, 0.1) is 11.6 Å². The van der Waals surface area contributed by atoms with Gasteiger partial charge >= 0.3 is 18.5 Å². The zero-order chi connectivity index (χ0) is 25.5. The molecule has 3 rings (SSSR count). The van der Waals surface area contributed by atoms with E-state index in [-0.39, 0.29) is 18.1 Å². The molecule has 0 aromatic heterocycles. The minimum atomic E-state index is -5.12. The molecule has 1 nitrogen and oxygen atoms in total. The quantitative estimate of drug-likeness (QED) is 0.312. The van der Waals surface area contributed by atoms with Crippen LogP contribution in [-0.2, 0) is 24.1 Å². The summed E-state index contributed by atoms with van der Waals surface area (Å²) in [6.45, 7) is 0. The topological polar surface area (TPSA) is 26.0 Å². The van der Waals surface area contributed by atoms with E-state index in [0.717, 1.165) is 6.07 Å². The Labute approximate surface area is 196 Å². The van der Waals surface area contributed by atoms with Crippen molar-refractivity contribution in [2.75, 3.05) is 0 Å². The Balaban J connectivity index is 2.27. The molecule has 3 aromatic carbocycles. The van der Waals surface area contributed by atoms with Gasteiger partial charge in [-0.2, -0.15) is 22.0 Å². The van der Waals surface area contributed by atoms with Crippen LogP contribution < -0.4 is 5.73 Å². The van der Waals surface area contributed by atoms with Crippen LogP contribution in [-0.4, -0.2) is 6.43 Å². The summed E-state index contributed by atoms with van der Waals surface area (Å²) in [5.41, 5.74) is 0.739. The molecule has 11 heteroatoms. The smallest absolute Gasteiger partial charge is 0.317 e. The molecule has 0 aliphatic rings. The molecule has 0 unspecified atom stereocenters. The maximum absolute atomic E-state index is 14.3. The first-order valence-electron chi connectivity index (χ1n) is 9.52. The minimum absolute atomic E-state index is 0.196. The van der Waals surface area contributed by atoms with Gasteiger partial charge in [0, 0.05) is 10.0 Å². The van der Waals surface area contributed by atoms with Gasteiger partial charge in [-0.05, 0) is 65.6 Å². The number of hydrogen-bond acceptors (Lipinski definition) is 1. The number of hydrogen-bond donors (Lipinski definition) is 1. The van der Waals surface area contributed by atoms with E-state index in [0.29, 0.717) is 34.3 Å². The molecule has 2 N–H and O–H groups in total. The second-order valence-electron chi connectivity index (χ2n) is 7.62. The van der Waals surface area contributed by atoms with E-state index in [1.54, 1.807) is 12.1 Å². The summed E-state index contributed by atoms with van der Waals surface area (Å²) in [6.07, 6.45) is -9.65. The molecule has 0 spiro atoms. The highest BCUT2D eigenvalue weighted by atomic mass is 79.9. The van der Waals surface area contributed by atoms with Crippen molar-refractivity contribution >= 4 is 15.9 Å². The zero-order valence-electron chi connectivity index (χ0n) is 16.9. The molecule has 3 aromatic rings. The zero-order valence-corrected chi connectivity index (χ0v) is 18.5. The van der Waals surface area contributed by atoms with E-state index in [4.69, 9.17) is 5.73 Å². The fraction of sp³-hybridized carbons (Fsp3) is 0.217. The highest BCUT2D eigenvalue weighted by Gasteiger charge is 2.44. The Kier molecular flexibility index (Phi) is 7.10. The number of halogens is 10. The molecule has 0 aliphatic heterocycles. The van der Waals surface area contributed by atoms with Crippen molar-refractivity contribution in [1.82, 2.24) is 0 Å². The Hall–Kier alpha value is -2.53. The van der Waals surface area contributed by atoms with Gasteiger partial charge in [0.05, 0.1) is 11.1 Å². The van der Waals surface area contributed by atoms with Gasteiger partial charge in [0.25, 0.3) is 0 Å². The summed E-state index contributed by atoms with van der Waals surface area (Å²) in [5.74, 6) is -7.71. The molecule has 0 amide bonds. The Bertz CT molecular complexity index is 1180. The van der Waals surface area contributed by atoms with Gasteiger partial charge in [0.2, 0.25) is 0 Å². The Morgan fingerprint density at radius 2 is 1.35 bits per heavy atom. The number of alkyl halides is 7. The van der Waals surface area contributed by atoms with Crippen molar-refractivity contribution in [3.8, 4) is 0 Å². The van der Waals surface area contributed by atoms with Crippen LogP contribution in [0.1, 0.15) is 27.8 Å². The lowest BCUT2D eigenvalue weighted by molar-refractivity contribution is -0.140.